The van der Waals surface area contributed by atoms with Gasteiger partial charge in [0.05, 0.1) is 18.0 Å². The molecule has 0 saturated carbocycles. The fourth-order valence-electron chi connectivity index (χ4n) is 0.541. The predicted octanol–water partition coefficient (Wildman–Crippen LogP) is -10.6. The van der Waals surface area contributed by atoms with Crippen LogP contribution < -0.4 is 74.6 Å². The zero-order valence-corrected chi connectivity index (χ0v) is 11.7. The minimum absolute atomic E-state index is 0. The van der Waals surface area contributed by atoms with Crippen LogP contribution in [0, 0.1) is 0 Å². The third-order valence-corrected chi connectivity index (χ3v) is 1.12. The van der Waals surface area contributed by atoms with Gasteiger partial charge in [-0.2, -0.15) is 0 Å². The van der Waals surface area contributed by atoms with Crippen LogP contribution in [0.15, 0.2) is 0 Å². The van der Waals surface area contributed by atoms with Gasteiger partial charge in [0.2, 0.25) is 0 Å². The summed E-state index contributed by atoms with van der Waals surface area (Å²) in [4.78, 5) is 20.0. The van der Waals surface area contributed by atoms with Crippen molar-refractivity contribution in [2.75, 3.05) is 7.05 Å². The summed E-state index contributed by atoms with van der Waals surface area (Å²) >= 11 is 0. The Kier molecular flexibility index (Phi) is 14.1. The van der Waals surface area contributed by atoms with Crippen LogP contribution in [-0.2, 0) is 9.59 Å². The summed E-state index contributed by atoms with van der Waals surface area (Å²) in [6.45, 7) is 0. The Balaban J connectivity index is -0.000000500. The first-order valence-corrected chi connectivity index (χ1v) is 2.77. The molecule has 0 aliphatic rings. The van der Waals surface area contributed by atoms with Crippen LogP contribution in [0.1, 0.15) is 0 Å². The van der Waals surface area contributed by atoms with Crippen molar-refractivity contribution in [2.24, 2.45) is 0 Å². The molecule has 0 heterocycles. The van der Waals surface area contributed by atoms with Gasteiger partial charge < -0.3 is 30.2 Å². The van der Waals surface area contributed by atoms with Crippen molar-refractivity contribution in [3.8, 4) is 0 Å². The molecule has 0 bridgehead atoms. The summed E-state index contributed by atoms with van der Waals surface area (Å²) in [5, 5.41) is 30.6. The minimum atomic E-state index is -2.09. The summed E-state index contributed by atoms with van der Waals surface area (Å²) in [7, 11) is 1.19. The standard InChI is InChI=1S/C5H9NO5.2Na/c1-6-2(4(8)9)3(7)5(10)11;;/h2-3,6-7H,1H3,(H,8,9)(H,10,11);;/q;2*+1/p-2/t2-,3+;;/m0../s1. The van der Waals surface area contributed by atoms with Crippen LogP contribution in [0.5, 0.6) is 0 Å². The van der Waals surface area contributed by atoms with E-state index in [4.69, 9.17) is 5.11 Å². The number of rotatable bonds is 4. The summed E-state index contributed by atoms with van der Waals surface area (Å²) in [6, 6.07) is -1.64. The number of carbonyl (C=O) groups is 2. The summed E-state index contributed by atoms with van der Waals surface area (Å²) in [5.74, 6) is -3.54. The second-order valence-electron chi connectivity index (χ2n) is 1.85. The number of carboxylic acids is 2. The summed E-state index contributed by atoms with van der Waals surface area (Å²) in [5.41, 5.74) is 0. The van der Waals surface area contributed by atoms with Gasteiger partial charge in [0.1, 0.15) is 6.10 Å². The van der Waals surface area contributed by atoms with Gasteiger partial charge >= 0.3 is 59.1 Å². The number of carbonyl (C=O) groups excluding carboxylic acids is 2. The van der Waals surface area contributed by atoms with E-state index in [9.17, 15) is 19.8 Å². The molecule has 13 heavy (non-hydrogen) atoms. The Bertz CT molecular complexity index is 176. The van der Waals surface area contributed by atoms with Crippen molar-refractivity contribution in [3.05, 3.63) is 0 Å². The zero-order chi connectivity index (χ0) is 9.02. The fourth-order valence-corrected chi connectivity index (χ4v) is 0.541. The zero-order valence-electron chi connectivity index (χ0n) is 7.73. The van der Waals surface area contributed by atoms with Crippen molar-refractivity contribution >= 4 is 11.9 Å². The Hall–Kier alpha value is 0.860. The van der Waals surface area contributed by atoms with E-state index in [0.29, 0.717) is 0 Å². The average molecular weight is 207 g/mol. The van der Waals surface area contributed by atoms with Gasteiger partial charge in [0.15, 0.2) is 0 Å². The Morgan fingerprint density at radius 3 is 1.69 bits per heavy atom. The number of aliphatic hydroxyl groups excluding tert-OH is 1. The van der Waals surface area contributed by atoms with Crippen molar-refractivity contribution in [3.63, 3.8) is 0 Å². The van der Waals surface area contributed by atoms with E-state index < -0.39 is 24.1 Å². The van der Waals surface area contributed by atoms with Gasteiger partial charge in [-0.15, -0.1) is 0 Å². The molecule has 0 radical (unpaired) electrons. The molecule has 2 atom stereocenters. The van der Waals surface area contributed by atoms with Gasteiger partial charge in [0.25, 0.3) is 0 Å². The molecule has 0 aromatic rings. The van der Waals surface area contributed by atoms with Gasteiger partial charge in [-0.1, -0.05) is 0 Å². The van der Waals surface area contributed by atoms with Gasteiger partial charge in [-0.25, -0.2) is 0 Å². The van der Waals surface area contributed by atoms with E-state index in [1.54, 1.807) is 0 Å². The third kappa shape index (κ3) is 6.87. The normalized spacial score (nSPS) is 13.1. The number of nitrogens with one attached hydrogen (secondary N) is 1. The van der Waals surface area contributed by atoms with Crippen LogP contribution in [0.25, 0.3) is 0 Å². The number of carboxylic acid groups (broad SMARTS) is 2. The minimum Gasteiger partial charge on any atom is -0.548 e. The molecule has 0 aliphatic heterocycles. The van der Waals surface area contributed by atoms with Gasteiger partial charge in [0, 0.05) is 0 Å². The number of aliphatic hydroxyl groups is 1. The van der Waals surface area contributed by atoms with Crippen LogP contribution in [0.3, 0.4) is 0 Å². The maximum absolute atomic E-state index is 10.1. The SMILES string of the molecule is CN[C@H](C(=O)[O-])[C@@H](O)C(=O)[O-].[Na+].[Na+]. The van der Waals surface area contributed by atoms with E-state index in [-0.39, 0.29) is 59.1 Å². The monoisotopic (exact) mass is 207 g/mol. The Morgan fingerprint density at radius 2 is 1.62 bits per heavy atom. The van der Waals surface area contributed by atoms with Crippen molar-refractivity contribution in [1.82, 2.24) is 5.32 Å². The summed E-state index contributed by atoms with van der Waals surface area (Å²) < 4.78 is 0. The molecule has 0 spiro atoms. The fraction of sp³-hybridized carbons (Fsp3) is 0.600. The number of hydrogen-bond donors (Lipinski definition) is 2. The molecule has 0 unspecified atom stereocenters. The van der Waals surface area contributed by atoms with E-state index in [1.807, 2.05) is 5.32 Å². The van der Waals surface area contributed by atoms with E-state index in [1.165, 1.54) is 7.05 Å². The molecular formula is C5H7NNa2O5. The van der Waals surface area contributed by atoms with Gasteiger partial charge in [-0.3, -0.25) is 0 Å². The second-order valence-corrected chi connectivity index (χ2v) is 1.85. The van der Waals surface area contributed by atoms with Gasteiger partial charge in [-0.05, 0) is 7.05 Å². The average Bonchev–Trinajstić information content (AvgIpc) is 1.88. The molecule has 6 nitrogen and oxygen atoms in total. The van der Waals surface area contributed by atoms with Crippen LogP contribution in [0.4, 0.5) is 0 Å². The quantitative estimate of drug-likeness (QED) is 0.442. The van der Waals surface area contributed by atoms with Crippen molar-refractivity contribution < 1.29 is 84.0 Å². The van der Waals surface area contributed by atoms with E-state index >= 15 is 0 Å². The molecule has 0 aromatic heterocycles. The number of likely N-dealkylation sites (N-methyl/N-ethyl adjacent to an activating group) is 1. The van der Waals surface area contributed by atoms with Crippen LogP contribution >= 0.6 is 0 Å². The number of hydrogen-bond acceptors (Lipinski definition) is 6. The first-order valence-electron chi connectivity index (χ1n) is 2.77. The van der Waals surface area contributed by atoms with Crippen LogP contribution in [-0.4, -0.2) is 36.2 Å². The molecule has 2 N–H and O–H groups in total. The first kappa shape index (κ1) is 19.4. The molecule has 0 rings (SSSR count). The maximum atomic E-state index is 10.1. The topological polar surface area (TPSA) is 113 Å². The smallest absolute Gasteiger partial charge is 0.548 e. The third-order valence-electron chi connectivity index (χ3n) is 1.12. The largest absolute Gasteiger partial charge is 1.00 e. The molecule has 0 fully saturated rings. The number of aliphatic carboxylic acids is 2. The second kappa shape index (κ2) is 9.42. The Morgan fingerprint density at radius 1 is 1.23 bits per heavy atom. The predicted molar refractivity (Wildman–Crippen MR) is 28.9 cm³/mol. The maximum Gasteiger partial charge on any atom is 1.00 e. The van der Waals surface area contributed by atoms with Crippen LogP contribution in [0.2, 0.25) is 0 Å². The molecule has 64 valence electrons. The molecule has 0 aromatic carbocycles. The van der Waals surface area contributed by atoms with Crippen molar-refractivity contribution in [1.29, 1.82) is 0 Å². The van der Waals surface area contributed by atoms with E-state index in [2.05, 4.69) is 0 Å². The molecule has 0 aliphatic carbocycles. The van der Waals surface area contributed by atoms with Crippen molar-refractivity contribution in [2.45, 2.75) is 12.1 Å². The molecule has 8 heteroatoms. The molecular weight excluding hydrogens is 200 g/mol. The summed E-state index contributed by atoms with van der Waals surface area (Å²) in [6.07, 6.45) is -2.09. The first-order chi connectivity index (χ1) is 5.00. The van der Waals surface area contributed by atoms with E-state index in [0.717, 1.165) is 0 Å². The molecule has 0 amide bonds. The Labute approximate surface area is 119 Å². The molecule has 0 saturated heterocycles.